The number of hydrogen-bond donors (Lipinski definition) is 2. The van der Waals surface area contributed by atoms with Crippen LogP contribution in [0.25, 0.3) is 0 Å². The topological polar surface area (TPSA) is 45.1 Å². The Morgan fingerprint density at radius 3 is 2.68 bits per heavy atom. The molecule has 3 atom stereocenters. The molecule has 3 nitrogen and oxygen atoms in total. The Hall–Kier alpha value is -0.930. The lowest BCUT2D eigenvalue weighted by Crippen LogP contribution is -2.37. The third-order valence-electron chi connectivity index (χ3n) is 4.15. The van der Waals surface area contributed by atoms with Crippen molar-refractivity contribution in [2.45, 2.75) is 71.6 Å². The summed E-state index contributed by atoms with van der Waals surface area (Å²) in [7, 11) is 0. The summed E-state index contributed by atoms with van der Waals surface area (Å²) in [5.74, 6) is 0. The second-order valence-corrected chi connectivity index (χ2v) is 5.99. The number of aliphatic hydroxyl groups excluding tert-OH is 1. The lowest BCUT2D eigenvalue weighted by atomic mass is 9.91. The Morgan fingerprint density at radius 1 is 1.32 bits per heavy atom. The molecule has 0 bridgehead atoms. The Balaban J connectivity index is 2.09. The fourth-order valence-corrected chi connectivity index (χ4v) is 3.44. The van der Waals surface area contributed by atoms with Crippen LogP contribution in [0.15, 0.2) is 6.07 Å². The smallest absolute Gasteiger partial charge is 0.0555 e. The van der Waals surface area contributed by atoms with Gasteiger partial charge in [0.1, 0.15) is 0 Å². The second kappa shape index (κ2) is 6.02. The van der Waals surface area contributed by atoms with Crippen LogP contribution < -0.4 is 5.32 Å². The normalized spacial score (nSPS) is 25.3. The van der Waals surface area contributed by atoms with Gasteiger partial charge >= 0.3 is 0 Å². The van der Waals surface area contributed by atoms with Crippen LogP contribution in [-0.2, 0) is 0 Å². The van der Waals surface area contributed by atoms with E-state index in [1.54, 1.807) is 0 Å². The van der Waals surface area contributed by atoms with E-state index in [0.29, 0.717) is 12.1 Å². The second-order valence-electron chi connectivity index (χ2n) is 5.99. The first-order chi connectivity index (χ1) is 8.97. The van der Waals surface area contributed by atoms with E-state index in [1.165, 1.54) is 17.5 Å². The van der Waals surface area contributed by atoms with Crippen LogP contribution >= 0.6 is 0 Å². The number of pyridine rings is 1. The van der Waals surface area contributed by atoms with E-state index in [0.717, 1.165) is 30.7 Å². The van der Waals surface area contributed by atoms with Crippen molar-refractivity contribution >= 4 is 0 Å². The first-order valence-electron chi connectivity index (χ1n) is 7.36. The monoisotopic (exact) mass is 262 g/mol. The fourth-order valence-electron chi connectivity index (χ4n) is 3.44. The molecule has 106 valence electrons. The third-order valence-corrected chi connectivity index (χ3v) is 4.15. The molecule has 0 saturated heterocycles. The quantitative estimate of drug-likeness (QED) is 0.880. The molecule has 0 aromatic carbocycles. The molecule has 1 aliphatic carbocycles. The van der Waals surface area contributed by atoms with Crippen LogP contribution in [0.2, 0.25) is 0 Å². The maximum Gasteiger partial charge on any atom is 0.0555 e. The van der Waals surface area contributed by atoms with E-state index in [1.807, 2.05) is 6.92 Å². The summed E-state index contributed by atoms with van der Waals surface area (Å²) in [4.78, 5) is 4.57. The fraction of sp³-hybridized carbons (Fsp3) is 0.688. The molecule has 0 radical (unpaired) electrons. The molecule has 1 aliphatic rings. The van der Waals surface area contributed by atoms with Gasteiger partial charge in [-0.05, 0) is 70.6 Å². The van der Waals surface area contributed by atoms with Gasteiger partial charge < -0.3 is 10.4 Å². The van der Waals surface area contributed by atoms with E-state index >= 15 is 0 Å². The molecule has 3 heteroatoms. The first kappa shape index (κ1) is 14.5. The molecule has 2 rings (SSSR count). The van der Waals surface area contributed by atoms with Crippen LogP contribution in [0, 0.1) is 20.8 Å². The highest BCUT2D eigenvalue weighted by Crippen LogP contribution is 2.25. The van der Waals surface area contributed by atoms with E-state index in [-0.39, 0.29) is 6.10 Å². The molecule has 1 heterocycles. The zero-order chi connectivity index (χ0) is 14.0. The van der Waals surface area contributed by atoms with Crippen molar-refractivity contribution in [1.82, 2.24) is 10.3 Å². The summed E-state index contributed by atoms with van der Waals surface area (Å²) >= 11 is 0. The van der Waals surface area contributed by atoms with E-state index in [9.17, 15) is 5.11 Å². The number of hydrogen-bond acceptors (Lipinski definition) is 3. The van der Waals surface area contributed by atoms with E-state index < -0.39 is 0 Å². The molecule has 19 heavy (non-hydrogen) atoms. The predicted molar refractivity (Wildman–Crippen MR) is 78.3 cm³/mol. The SMILES string of the molecule is Cc1cc(C)c(C(C)NC2CCCC(O)C2)c(C)n1. The molecule has 1 fully saturated rings. The summed E-state index contributed by atoms with van der Waals surface area (Å²) in [5.41, 5.74) is 4.82. The van der Waals surface area contributed by atoms with Gasteiger partial charge in [0, 0.05) is 23.5 Å². The molecule has 2 N–H and O–H groups in total. The number of nitrogens with zero attached hydrogens (tertiary/aromatic N) is 1. The Morgan fingerprint density at radius 2 is 2.05 bits per heavy atom. The molecule has 1 saturated carbocycles. The highest BCUT2D eigenvalue weighted by atomic mass is 16.3. The lowest BCUT2D eigenvalue weighted by Gasteiger charge is -2.30. The number of rotatable bonds is 3. The van der Waals surface area contributed by atoms with Crippen LogP contribution in [-0.4, -0.2) is 22.2 Å². The Bertz CT molecular complexity index is 421. The van der Waals surface area contributed by atoms with Crippen LogP contribution in [0.5, 0.6) is 0 Å². The number of aromatic nitrogens is 1. The van der Waals surface area contributed by atoms with Crippen LogP contribution in [0.1, 0.15) is 61.2 Å². The van der Waals surface area contributed by atoms with Crippen molar-refractivity contribution in [3.05, 3.63) is 28.6 Å². The molecular formula is C16H26N2O. The largest absolute Gasteiger partial charge is 0.393 e. The zero-order valence-corrected chi connectivity index (χ0v) is 12.5. The maximum atomic E-state index is 9.76. The third kappa shape index (κ3) is 3.54. The Kier molecular flexibility index (Phi) is 4.58. The van der Waals surface area contributed by atoms with Gasteiger partial charge in [0.05, 0.1) is 6.10 Å². The summed E-state index contributed by atoms with van der Waals surface area (Å²) in [6.07, 6.45) is 3.99. The lowest BCUT2D eigenvalue weighted by molar-refractivity contribution is 0.109. The summed E-state index contributed by atoms with van der Waals surface area (Å²) in [6.45, 7) is 8.49. The molecule has 3 unspecified atom stereocenters. The zero-order valence-electron chi connectivity index (χ0n) is 12.5. The number of aryl methyl sites for hydroxylation is 3. The van der Waals surface area contributed by atoms with Crippen molar-refractivity contribution in [2.75, 3.05) is 0 Å². The van der Waals surface area contributed by atoms with Crippen molar-refractivity contribution in [2.24, 2.45) is 0 Å². The van der Waals surface area contributed by atoms with Gasteiger partial charge in [0.2, 0.25) is 0 Å². The van der Waals surface area contributed by atoms with Gasteiger partial charge in [0.15, 0.2) is 0 Å². The van der Waals surface area contributed by atoms with Crippen molar-refractivity contribution < 1.29 is 5.11 Å². The molecule has 0 amide bonds. The number of nitrogens with one attached hydrogen (secondary N) is 1. The van der Waals surface area contributed by atoms with E-state index in [4.69, 9.17) is 0 Å². The molecule has 1 aromatic rings. The minimum Gasteiger partial charge on any atom is -0.393 e. The number of aliphatic hydroxyl groups is 1. The first-order valence-corrected chi connectivity index (χ1v) is 7.36. The van der Waals surface area contributed by atoms with Gasteiger partial charge in [-0.25, -0.2) is 0 Å². The summed E-state index contributed by atoms with van der Waals surface area (Å²) < 4.78 is 0. The standard InChI is InChI=1S/C16H26N2O/c1-10-8-11(2)17-12(3)16(10)13(4)18-14-6-5-7-15(19)9-14/h8,13-15,18-19H,5-7,9H2,1-4H3. The highest BCUT2D eigenvalue weighted by Gasteiger charge is 2.23. The van der Waals surface area contributed by atoms with E-state index in [2.05, 4.69) is 37.1 Å². The van der Waals surface area contributed by atoms with Gasteiger partial charge in [-0.2, -0.15) is 0 Å². The van der Waals surface area contributed by atoms with Crippen molar-refractivity contribution in [3.63, 3.8) is 0 Å². The maximum absolute atomic E-state index is 9.76. The van der Waals surface area contributed by atoms with Crippen molar-refractivity contribution in [1.29, 1.82) is 0 Å². The van der Waals surface area contributed by atoms with Gasteiger partial charge in [-0.15, -0.1) is 0 Å². The minimum atomic E-state index is -0.128. The average molecular weight is 262 g/mol. The van der Waals surface area contributed by atoms with Crippen LogP contribution in [0.3, 0.4) is 0 Å². The van der Waals surface area contributed by atoms with Crippen LogP contribution in [0.4, 0.5) is 0 Å². The summed E-state index contributed by atoms with van der Waals surface area (Å²) in [6, 6.07) is 2.87. The van der Waals surface area contributed by atoms with Gasteiger partial charge in [-0.3, -0.25) is 4.98 Å². The Labute approximate surface area is 116 Å². The predicted octanol–water partition coefficient (Wildman–Crippen LogP) is 2.96. The average Bonchev–Trinajstić information content (AvgIpc) is 2.27. The summed E-state index contributed by atoms with van der Waals surface area (Å²) in [5, 5.41) is 13.4. The van der Waals surface area contributed by atoms with Crippen molar-refractivity contribution in [3.8, 4) is 0 Å². The minimum absolute atomic E-state index is 0.128. The highest BCUT2D eigenvalue weighted by molar-refractivity contribution is 5.33. The van der Waals surface area contributed by atoms with Gasteiger partial charge in [-0.1, -0.05) is 0 Å². The molecule has 0 spiro atoms. The molecule has 0 aliphatic heterocycles. The van der Waals surface area contributed by atoms with Gasteiger partial charge in [0.25, 0.3) is 0 Å². The molecule has 1 aromatic heterocycles. The molecular weight excluding hydrogens is 236 g/mol.